The topological polar surface area (TPSA) is 105 Å². The minimum atomic E-state index is -0.555. The maximum Gasteiger partial charge on any atom is 0.269 e. The Morgan fingerprint density at radius 3 is 2.27 bits per heavy atom. The van der Waals surface area contributed by atoms with E-state index in [4.69, 9.17) is 0 Å². The molecule has 0 saturated carbocycles. The third kappa shape index (κ3) is 2.38. The van der Waals surface area contributed by atoms with Gasteiger partial charge in [0.05, 0.1) is 28.5 Å². The molecule has 0 aliphatic carbocycles. The first-order valence-electron chi connectivity index (χ1n) is 8.22. The van der Waals surface area contributed by atoms with Gasteiger partial charge >= 0.3 is 0 Å². The molecule has 1 aromatic heterocycles. The third-order valence-electron chi connectivity index (χ3n) is 5.17. The van der Waals surface area contributed by atoms with Crippen molar-refractivity contribution in [3.8, 4) is 0 Å². The molecule has 2 saturated heterocycles. The molecule has 0 unspecified atom stereocenters. The Kier molecular flexibility index (Phi) is 3.77. The predicted octanol–water partition coefficient (Wildman–Crippen LogP) is 1.61. The van der Waals surface area contributed by atoms with Gasteiger partial charge in [0.1, 0.15) is 0 Å². The van der Waals surface area contributed by atoms with Gasteiger partial charge in [-0.1, -0.05) is 18.2 Å². The first-order valence-corrected chi connectivity index (χ1v) is 8.22. The molecule has 0 radical (unpaired) electrons. The first kappa shape index (κ1) is 16.3. The van der Waals surface area contributed by atoms with Crippen molar-refractivity contribution in [1.29, 1.82) is 0 Å². The number of nitro groups is 1. The zero-order valence-electron chi connectivity index (χ0n) is 13.9. The van der Waals surface area contributed by atoms with Crippen LogP contribution in [-0.2, 0) is 9.59 Å². The van der Waals surface area contributed by atoms with Crippen molar-refractivity contribution in [3.63, 3.8) is 0 Å². The summed E-state index contributed by atoms with van der Waals surface area (Å²) in [6.07, 6.45) is 1.65. The van der Waals surface area contributed by atoms with Crippen LogP contribution in [0, 0.1) is 22.0 Å². The zero-order valence-corrected chi connectivity index (χ0v) is 13.9. The average molecular weight is 352 g/mol. The number of hydrogen-bond donors (Lipinski definition) is 1. The van der Waals surface area contributed by atoms with Gasteiger partial charge < -0.3 is 5.32 Å². The second kappa shape index (κ2) is 5.99. The molecule has 4 rings (SSSR count). The Morgan fingerprint density at radius 2 is 1.69 bits per heavy atom. The summed E-state index contributed by atoms with van der Waals surface area (Å²) in [5.74, 6) is -1.56. The van der Waals surface area contributed by atoms with Gasteiger partial charge in [-0.3, -0.25) is 29.6 Å². The highest BCUT2D eigenvalue weighted by Crippen LogP contribution is 2.48. The fourth-order valence-electron chi connectivity index (χ4n) is 3.90. The van der Waals surface area contributed by atoms with Crippen molar-refractivity contribution in [2.24, 2.45) is 11.8 Å². The lowest BCUT2D eigenvalue weighted by Crippen LogP contribution is -2.34. The number of rotatable bonds is 3. The fraction of sp³-hybridized carbons (Fsp3) is 0.278. The van der Waals surface area contributed by atoms with Crippen LogP contribution in [0.25, 0.3) is 0 Å². The summed E-state index contributed by atoms with van der Waals surface area (Å²) in [6, 6.07) is 10.7. The molecular formula is C18H16N4O4. The van der Waals surface area contributed by atoms with E-state index in [0.717, 1.165) is 5.56 Å². The van der Waals surface area contributed by atoms with Crippen LogP contribution in [0.15, 0.2) is 48.7 Å². The van der Waals surface area contributed by atoms with Crippen molar-refractivity contribution >= 4 is 17.5 Å². The van der Waals surface area contributed by atoms with Crippen molar-refractivity contribution in [2.45, 2.75) is 12.1 Å². The molecule has 1 N–H and O–H groups in total. The maximum absolute atomic E-state index is 12.7. The normalized spacial score (nSPS) is 27.7. The zero-order chi connectivity index (χ0) is 18.4. The molecule has 0 spiro atoms. The summed E-state index contributed by atoms with van der Waals surface area (Å²) in [5, 5.41) is 14.2. The lowest BCUT2D eigenvalue weighted by atomic mass is 9.85. The monoisotopic (exact) mass is 352 g/mol. The van der Waals surface area contributed by atoms with E-state index in [1.165, 1.54) is 24.1 Å². The second-order valence-corrected chi connectivity index (χ2v) is 6.51. The number of nitrogens with zero attached hydrogens (tertiary/aromatic N) is 3. The summed E-state index contributed by atoms with van der Waals surface area (Å²) >= 11 is 0. The first-order chi connectivity index (χ1) is 12.5. The third-order valence-corrected chi connectivity index (χ3v) is 5.17. The number of amides is 2. The molecular weight excluding hydrogens is 336 g/mol. The van der Waals surface area contributed by atoms with Crippen molar-refractivity contribution < 1.29 is 14.5 Å². The molecule has 8 heteroatoms. The van der Waals surface area contributed by atoms with Gasteiger partial charge in [0.15, 0.2) is 0 Å². The Morgan fingerprint density at radius 1 is 1.04 bits per heavy atom. The Labute approximate surface area is 149 Å². The van der Waals surface area contributed by atoms with E-state index in [1.54, 1.807) is 24.4 Å². The molecule has 2 aromatic rings. The van der Waals surface area contributed by atoms with E-state index in [2.05, 4.69) is 10.3 Å². The van der Waals surface area contributed by atoms with Gasteiger partial charge in [-0.2, -0.15) is 0 Å². The number of hydrogen-bond acceptors (Lipinski definition) is 6. The minimum absolute atomic E-state index is 0.0180. The molecule has 132 valence electrons. The summed E-state index contributed by atoms with van der Waals surface area (Å²) in [6.45, 7) is 0. The van der Waals surface area contributed by atoms with E-state index in [9.17, 15) is 19.7 Å². The molecule has 3 heterocycles. The van der Waals surface area contributed by atoms with Crippen molar-refractivity contribution in [1.82, 2.24) is 15.2 Å². The van der Waals surface area contributed by atoms with Crippen molar-refractivity contribution in [3.05, 3.63) is 70.0 Å². The SMILES string of the molecule is CN1C(=O)[C@@H]2[C@H](C1=O)[C@@H](c1ccc([N+](=O)[O-])cc1)N[C@H]2c1ccccn1. The van der Waals surface area contributed by atoms with Gasteiger partial charge in [0.25, 0.3) is 5.69 Å². The Balaban J connectivity index is 1.75. The number of aromatic nitrogens is 1. The predicted molar refractivity (Wildman–Crippen MR) is 90.7 cm³/mol. The second-order valence-electron chi connectivity index (χ2n) is 6.51. The summed E-state index contributed by atoms with van der Waals surface area (Å²) in [4.78, 5) is 41.2. The van der Waals surface area contributed by atoms with E-state index < -0.39 is 22.8 Å². The van der Waals surface area contributed by atoms with Crippen LogP contribution in [0.5, 0.6) is 0 Å². The summed E-state index contributed by atoms with van der Waals surface area (Å²) < 4.78 is 0. The molecule has 2 amide bonds. The average Bonchev–Trinajstić information content (AvgIpc) is 3.16. The maximum atomic E-state index is 12.7. The number of carbonyl (C=O) groups excluding carboxylic acids is 2. The van der Waals surface area contributed by atoms with Gasteiger partial charge in [0.2, 0.25) is 11.8 Å². The largest absolute Gasteiger partial charge is 0.300 e. The van der Waals surface area contributed by atoms with Gasteiger partial charge in [-0.05, 0) is 17.7 Å². The highest BCUT2D eigenvalue weighted by atomic mass is 16.6. The van der Waals surface area contributed by atoms with E-state index in [0.29, 0.717) is 5.69 Å². The minimum Gasteiger partial charge on any atom is -0.300 e. The van der Waals surface area contributed by atoms with Crippen LogP contribution in [0.1, 0.15) is 23.3 Å². The van der Waals surface area contributed by atoms with E-state index >= 15 is 0 Å². The number of likely N-dealkylation sites (tertiary alicyclic amines) is 1. The molecule has 0 bridgehead atoms. The number of fused-ring (bicyclic) bond motifs is 1. The molecule has 2 fully saturated rings. The highest BCUT2D eigenvalue weighted by Gasteiger charge is 2.58. The van der Waals surface area contributed by atoms with Gasteiger partial charge in [-0.15, -0.1) is 0 Å². The van der Waals surface area contributed by atoms with E-state index in [-0.39, 0.29) is 23.5 Å². The number of non-ortho nitro benzene ring substituents is 1. The number of carbonyl (C=O) groups is 2. The molecule has 1 aromatic carbocycles. The number of pyridine rings is 1. The smallest absolute Gasteiger partial charge is 0.269 e. The van der Waals surface area contributed by atoms with Crippen LogP contribution in [0.4, 0.5) is 5.69 Å². The van der Waals surface area contributed by atoms with Crippen molar-refractivity contribution in [2.75, 3.05) is 7.05 Å². The lowest BCUT2D eigenvalue weighted by Gasteiger charge is -2.20. The summed E-state index contributed by atoms with van der Waals surface area (Å²) in [5.41, 5.74) is 1.42. The fourth-order valence-corrected chi connectivity index (χ4v) is 3.90. The van der Waals surface area contributed by atoms with Crippen LogP contribution >= 0.6 is 0 Å². The molecule has 2 aliphatic rings. The number of benzene rings is 1. The Hall–Kier alpha value is -3.13. The molecule has 2 aliphatic heterocycles. The van der Waals surface area contributed by atoms with Gasteiger partial charge in [-0.25, -0.2) is 0 Å². The van der Waals surface area contributed by atoms with Crippen LogP contribution in [0.2, 0.25) is 0 Å². The van der Waals surface area contributed by atoms with E-state index in [1.807, 2.05) is 12.1 Å². The van der Waals surface area contributed by atoms with Crippen LogP contribution < -0.4 is 5.32 Å². The van der Waals surface area contributed by atoms with Crippen LogP contribution in [-0.4, -0.2) is 33.7 Å². The quantitative estimate of drug-likeness (QED) is 0.511. The van der Waals surface area contributed by atoms with Gasteiger partial charge in [0, 0.05) is 31.4 Å². The standard InChI is InChI=1S/C18H16N4O4/c1-21-17(23)13-14(18(21)24)16(12-4-2-3-9-19-12)20-15(13)10-5-7-11(8-6-10)22(25)26/h2-9,13-16,20H,1H3/t13-,14+,15+,16-/m0/s1. The molecule has 4 atom stereocenters. The number of imide groups is 1. The number of nitrogens with one attached hydrogen (secondary N) is 1. The highest BCUT2D eigenvalue weighted by molar-refractivity contribution is 6.06. The summed E-state index contributed by atoms with van der Waals surface area (Å²) in [7, 11) is 1.49. The Bertz CT molecular complexity index is 884. The number of nitro benzene ring substituents is 1. The lowest BCUT2D eigenvalue weighted by molar-refractivity contribution is -0.384. The van der Waals surface area contributed by atoms with Crippen LogP contribution in [0.3, 0.4) is 0 Å². The molecule has 26 heavy (non-hydrogen) atoms. The molecule has 8 nitrogen and oxygen atoms in total.